The number of hydrogen-bond acceptors (Lipinski definition) is 3. The highest BCUT2D eigenvalue weighted by atomic mass is 16.2. The third-order valence-electron chi connectivity index (χ3n) is 3.41. The topological polar surface area (TPSA) is 63.4 Å². The van der Waals surface area contributed by atoms with Gasteiger partial charge in [0, 0.05) is 13.0 Å². The fourth-order valence-electron chi connectivity index (χ4n) is 1.83. The van der Waals surface area contributed by atoms with Crippen molar-refractivity contribution in [1.82, 2.24) is 4.90 Å². The molecule has 2 N–H and O–H groups in total. The zero-order valence-electron chi connectivity index (χ0n) is 9.75. The minimum atomic E-state index is -0.508. The summed E-state index contributed by atoms with van der Waals surface area (Å²) in [5, 5.41) is 0. The zero-order valence-corrected chi connectivity index (χ0v) is 9.75. The molecule has 0 saturated carbocycles. The second-order valence-electron chi connectivity index (χ2n) is 4.74. The molecule has 1 saturated heterocycles. The second-order valence-corrected chi connectivity index (χ2v) is 4.74. The van der Waals surface area contributed by atoms with Gasteiger partial charge in [-0.1, -0.05) is 13.8 Å². The summed E-state index contributed by atoms with van der Waals surface area (Å²) in [6, 6.07) is 0. The predicted octanol–water partition coefficient (Wildman–Crippen LogP) is 0.756. The SMILES string of the molecule is CC(C)C1(C)CC(=O)N(CCCN)C1=O. The van der Waals surface area contributed by atoms with E-state index in [1.54, 1.807) is 0 Å². The average molecular weight is 212 g/mol. The largest absolute Gasteiger partial charge is 0.330 e. The van der Waals surface area contributed by atoms with Crippen LogP contribution in [0.4, 0.5) is 0 Å². The van der Waals surface area contributed by atoms with Gasteiger partial charge in [0.1, 0.15) is 0 Å². The Morgan fingerprint density at radius 3 is 2.47 bits per heavy atom. The fraction of sp³-hybridized carbons (Fsp3) is 0.818. The Balaban J connectivity index is 2.79. The number of nitrogens with two attached hydrogens (primary N) is 1. The third kappa shape index (κ3) is 2.04. The summed E-state index contributed by atoms with van der Waals surface area (Å²) < 4.78 is 0. The standard InChI is InChI=1S/C11H20N2O2/c1-8(2)11(3)7-9(14)13(10(11)15)6-4-5-12/h8H,4-7,12H2,1-3H3. The highest BCUT2D eigenvalue weighted by molar-refractivity contribution is 6.05. The second kappa shape index (κ2) is 4.31. The maximum atomic E-state index is 12.0. The molecule has 0 spiro atoms. The number of rotatable bonds is 4. The maximum Gasteiger partial charge on any atom is 0.235 e. The van der Waals surface area contributed by atoms with Gasteiger partial charge in [-0.2, -0.15) is 0 Å². The van der Waals surface area contributed by atoms with E-state index in [4.69, 9.17) is 5.73 Å². The van der Waals surface area contributed by atoms with Crippen LogP contribution in [-0.4, -0.2) is 29.8 Å². The minimum Gasteiger partial charge on any atom is -0.330 e. The third-order valence-corrected chi connectivity index (χ3v) is 3.41. The highest BCUT2D eigenvalue weighted by Gasteiger charge is 2.49. The maximum absolute atomic E-state index is 12.0. The van der Waals surface area contributed by atoms with Crippen molar-refractivity contribution >= 4 is 11.8 Å². The summed E-state index contributed by atoms with van der Waals surface area (Å²) >= 11 is 0. The molecule has 2 amide bonds. The van der Waals surface area contributed by atoms with Crippen molar-refractivity contribution in [3.8, 4) is 0 Å². The molecule has 0 aromatic heterocycles. The van der Waals surface area contributed by atoms with Gasteiger partial charge in [0.05, 0.1) is 5.41 Å². The Bertz CT molecular complexity index is 276. The van der Waals surface area contributed by atoms with Crippen LogP contribution in [0, 0.1) is 11.3 Å². The monoisotopic (exact) mass is 212 g/mol. The quantitative estimate of drug-likeness (QED) is 0.700. The normalized spacial score (nSPS) is 26.9. The van der Waals surface area contributed by atoms with E-state index in [0.717, 1.165) is 0 Å². The van der Waals surface area contributed by atoms with Crippen molar-refractivity contribution in [3.63, 3.8) is 0 Å². The number of amides is 2. The lowest BCUT2D eigenvalue weighted by Gasteiger charge is -2.25. The molecule has 0 aliphatic carbocycles. The van der Waals surface area contributed by atoms with Crippen LogP contribution in [0.15, 0.2) is 0 Å². The van der Waals surface area contributed by atoms with Gasteiger partial charge in [0.2, 0.25) is 11.8 Å². The molecule has 1 unspecified atom stereocenters. The molecule has 86 valence electrons. The van der Waals surface area contributed by atoms with Crippen molar-refractivity contribution in [2.75, 3.05) is 13.1 Å². The van der Waals surface area contributed by atoms with Crippen molar-refractivity contribution in [2.45, 2.75) is 33.6 Å². The molecule has 1 heterocycles. The Hall–Kier alpha value is -0.900. The summed E-state index contributed by atoms with van der Waals surface area (Å²) in [5.74, 6) is 0.109. The van der Waals surface area contributed by atoms with E-state index in [1.807, 2.05) is 20.8 Å². The zero-order chi connectivity index (χ0) is 11.6. The molecular formula is C11H20N2O2. The molecular weight excluding hydrogens is 192 g/mol. The van der Waals surface area contributed by atoms with Crippen molar-refractivity contribution in [1.29, 1.82) is 0 Å². The van der Waals surface area contributed by atoms with Crippen LogP contribution in [-0.2, 0) is 9.59 Å². The van der Waals surface area contributed by atoms with Gasteiger partial charge in [-0.3, -0.25) is 14.5 Å². The van der Waals surface area contributed by atoms with E-state index < -0.39 is 5.41 Å². The molecule has 0 aromatic carbocycles. The van der Waals surface area contributed by atoms with Crippen LogP contribution in [0.2, 0.25) is 0 Å². The van der Waals surface area contributed by atoms with Gasteiger partial charge < -0.3 is 5.73 Å². The smallest absolute Gasteiger partial charge is 0.235 e. The molecule has 1 aliphatic heterocycles. The van der Waals surface area contributed by atoms with E-state index in [9.17, 15) is 9.59 Å². The van der Waals surface area contributed by atoms with E-state index >= 15 is 0 Å². The molecule has 1 fully saturated rings. The van der Waals surface area contributed by atoms with Gasteiger partial charge in [-0.25, -0.2) is 0 Å². The molecule has 4 nitrogen and oxygen atoms in total. The Labute approximate surface area is 90.8 Å². The highest BCUT2D eigenvalue weighted by Crippen LogP contribution is 2.39. The van der Waals surface area contributed by atoms with Crippen LogP contribution in [0.1, 0.15) is 33.6 Å². The van der Waals surface area contributed by atoms with E-state index in [-0.39, 0.29) is 17.7 Å². The molecule has 1 rings (SSSR count). The van der Waals surface area contributed by atoms with Crippen molar-refractivity contribution in [2.24, 2.45) is 17.1 Å². The van der Waals surface area contributed by atoms with E-state index in [0.29, 0.717) is 25.9 Å². The van der Waals surface area contributed by atoms with Crippen LogP contribution in [0.3, 0.4) is 0 Å². The van der Waals surface area contributed by atoms with Crippen molar-refractivity contribution < 1.29 is 9.59 Å². The van der Waals surface area contributed by atoms with Gasteiger partial charge in [-0.05, 0) is 25.8 Å². The number of carbonyl (C=O) groups excluding carboxylic acids is 2. The Morgan fingerprint density at radius 2 is 2.07 bits per heavy atom. The lowest BCUT2D eigenvalue weighted by molar-refractivity contribution is -0.142. The lowest BCUT2D eigenvalue weighted by Crippen LogP contribution is -2.37. The summed E-state index contributed by atoms with van der Waals surface area (Å²) in [5.41, 5.74) is 4.87. The number of carbonyl (C=O) groups is 2. The molecule has 1 atom stereocenters. The van der Waals surface area contributed by atoms with Crippen LogP contribution < -0.4 is 5.73 Å². The van der Waals surface area contributed by atoms with Gasteiger partial charge in [0.25, 0.3) is 0 Å². The van der Waals surface area contributed by atoms with Gasteiger partial charge >= 0.3 is 0 Å². The van der Waals surface area contributed by atoms with Crippen molar-refractivity contribution in [3.05, 3.63) is 0 Å². The lowest BCUT2D eigenvalue weighted by atomic mass is 9.78. The molecule has 0 radical (unpaired) electrons. The number of nitrogens with zero attached hydrogens (tertiary/aromatic N) is 1. The number of likely N-dealkylation sites (tertiary alicyclic amines) is 1. The van der Waals surface area contributed by atoms with Crippen LogP contribution in [0.25, 0.3) is 0 Å². The van der Waals surface area contributed by atoms with Crippen LogP contribution >= 0.6 is 0 Å². The minimum absolute atomic E-state index is 0.0315. The molecule has 15 heavy (non-hydrogen) atoms. The first-order valence-corrected chi connectivity index (χ1v) is 5.48. The predicted molar refractivity (Wildman–Crippen MR) is 58.0 cm³/mol. The van der Waals surface area contributed by atoms with Crippen LogP contribution in [0.5, 0.6) is 0 Å². The average Bonchev–Trinajstić information content (AvgIpc) is 2.37. The Kier molecular flexibility index (Phi) is 3.50. The van der Waals surface area contributed by atoms with Gasteiger partial charge in [-0.15, -0.1) is 0 Å². The van der Waals surface area contributed by atoms with Gasteiger partial charge in [0.15, 0.2) is 0 Å². The molecule has 4 heteroatoms. The van der Waals surface area contributed by atoms with E-state index in [2.05, 4.69) is 0 Å². The molecule has 0 bridgehead atoms. The fourth-order valence-corrected chi connectivity index (χ4v) is 1.83. The number of imide groups is 1. The summed E-state index contributed by atoms with van der Waals surface area (Å²) in [6.07, 6.45) is 1.03. The first-order chi connectivity index (χ1) is 6.93. The summed E-state index contributed by atoms with van der Waals surface area (Å²) in [6.45, 7) is 6.82. The first kappa shape index (κ1) is 12.2. The molecule has 1 aliphatic rings. The van der Waals surface area contributed by atoms with E-state index in [1.165, 1.54) is 4.90 Å². The first-order valence-electron chi connectivity index (χ1n) is 5.48. The molecule has 0 aromatic rings. The Morgan fingerprint density at radius 1 is 1.47 bits per heavy atom. The summed E-state index contributed by atoms with van der Waals surface area (Å²) in [7, 11) is 0. The summed E-state index contributed by atoms with van der Waals surface area (Å²) in [4.78, 5) is 25.1. The number of hydrogen-bond donors (Lipinski definition) is 1.